The van der Waals surface area contributed by atoms with Crippen LogP contribution in [-0.2, 0) is 47.5 Å². The largest absolute Gasteiger partial charge is 0.492 e. The Labute approximate surface area is 423 Å². The van der Waals surface area contributed by atoms with Crippen molar-refractivity contribution in [2.75, 3.05) is 104 Å². The molecule has 0 atom stereocenters. The first-order chi connectivity index (χ1) is 32.2. The van der Waals surface area contributed by atoms with Crippen LogP contribution >= 0.6 is 23.2 Å². The average Bonchev–Trinajstić information content (AvgIpc) is 3.23. The summed E-state index contributed by atoms with van der Waals surface area (Å²) in [5.41, 5.74) is 0. The van der Waals surface area contributed by atoms with Crippen molar-refractivity contribution in [1.29, 1.82) is 0 Å². The van der Waals surface area contributed by atoms with Crippen LogP contribution < -0.4 is 0 Å². The molecule has 2 N–H and O–H groups in total. The topological polar surface area (TPSA) is 173 Å². The molecule has 0 heterocycles. The van der Waals surface area contributed by atoms with E-state index in [0.717, 1.165) is 0 Å². The molecule has 0 rings (SSSR count). The Morgan fingerprint density at radius 1 is 0.425 bits per heavy atom. The second-order valence-corrected chi connectivity index (χ2v) is 13.5. The van der Waals surface area contributed by atoms with Gasteiger partial charge >= 0.3 is 54.7 Å². The first-order valence-corrected chi connectivity index (χ1v) is 21.0. The van der Waals surface area contributed by atoms with E-state index in [1.165, 1.54) is 0 Å². The number of ether oxygens (including phenoxy) is 7. The van der Waals surface area contributed by atoms with E-state index in [-0.39, 0.29) is 87.6 Å². The molecule has 0 aromatic carbocycles. The first kappa shape index (κ1) is 89.7. The van der Waals surface area contributed by atoms with Gasteiger partial charge in [0.15, 0.2) is 0 Å². The van der Waals surface area contributed by atoms with Crippen LogP contribution in [0.5, 0.6) is 0 Å². The quantitative estimate of drug-likeness (QED) is 0.0214. The number of halogens is 20. The minimum Gasteiger partial charge on any atom is -0.461 e. The number of hydrogen-bond donors (Lipinski definition) is 2. The molecule has 0 saturated heterocycles. The highest BCUT2D eigenvalue weighted by Gasteiger charge is 2.42. The molecular formula is C40H70Cl2F18O13. The molecule has 73 heavy (non-hydrogen) atoms. The van der Waals surface area contributed by atoms with Crippen LogP contribution in [0.1, 0.15) is 92.9 Å². The van der Waals surface area contributed by atoms with E-state index in [9.17, 15) is 88.6 Å². The smallest absolute Gasteiger partial charge is 0.461 e. The molecule has 0 spiro atoms. The normalized spacial score (nSPS) is 11.2. The molecule has 0 radical (unpaired) electrons. The Bertz CT molecular complexity index is 1200. The van der Waals surface area contributed by atoms with E-state index in [1.54, 1.807) is 0 Å². The standard InChI is InChI=1S/C14H20F8O4.C11H18Cl2F2O3.C8H14F4O2.C2H3F3O.CHFO2.CH2O.3CH4/c15-12(16,9-24-6-2-1-5-13(17,18)19)11(23)26-8-4-3-7-25-10-14(20,21)22;12-5-1-3-7-17-9-11(14,15)10(16)18-8-4-2-6-13;9-3-6-13-4-1-2-5-14-7-8(10,11)12;3-2(4,5)1-6;2-1(3)4;1-2;;;/h1-10H2;1-9H2;1-7H2;6H,1H2;(H,3,4);1H2;3*1H4. The van der Waals surface area contributed by atoms with Crippen LogP contribution in [0.3, 0.4) is 0 Å². The minimum absolute atomic E-state index is 0. The summed E-state index contributed by atoms with van der Waals surface area (Å²) in [7, 11) is 0. The van der Waals surface area contributed by atoms with Gasteiger partial charge in [-0.3, -0.25) is 0 Å². The van der Waals surface area contributed by atoms with Crippen molar-refractivity contribution in [2.45, 2.75) is 129 Å². The number of aliphatic hydroxyl groups is 1. The number of esters is 2. The molecule has 0 bridgehead atoms. The highest BCUT2D eigenvalue weighted by molar-refractivity contribution is 6.18. The maximum Gasteiger partial charge on any atom is 0.492 e. The van der Waals surface area contributed by atoms with Gasteiger partial charge in [0.05, 0.1) is 19.8 Å². The first-order valence-electron chi connectivity index (χ1n) is 19.9. The van der Waals surface area contributed by atoms with E-state index in [4.69, 9.17) is 52.5 Å². The molecule has 0 aromatic heterocycles. The Hall–Kier alpha value is -2.84. The van der Waals surface area contributed by atoms with Crippen LogP contribution in [0.15, 0.2) is 0 Å². The van der Waals surface area contributed by atoms with E-state index < -0.39 is 107 Å². The van der Waals surface area contributed by atoms with E-state index >= 15 is 0 Å². The zero-order chi connectivity index (χ0) is 55.8. The van der Waals surface area contributed by atoms with Crippen molar-refractivity contribution in [3.05, 3.63) is 0 Å². The van der Waals surface area contributed by atoms with Crippen LogP contribution in [0.4, 0.5) is 83.8 Å². The summed E-state index contributed by atoms with van der Waals surface area (Å²) in [5, 5.41) is 14.0. The van der Waals surface area contributed by atoms with Crippen molar-refractivity contribution in [1.82, 2.24) is 0 Å². The third-order valence-electron chi connectivity index (χ3n) is 6.27. The van der Waals surface area contributed by atoms with Crippen molar-refractivity contribution < 1.29 is 142 Å². The number of alkyl halides is 19. The summed E-state index contributed by atoms with van der Waals surface area (Å²) < 4.78 is 243. The fourth-order valence-electron chi connectivity index (χ4n) is 3.33. The lowest BCUT2D eigenvalue weighted by atomic mass is 10.2. The molecule has 0 aliphatic heterocycles. The lowest BCUT2D eigenvalue weighted by Crippen LogP contribution is -2.36. The van der Waals surface area contributed by atoms with Crippen LogP contribution in [-0.4, -0.2) is 176 Å². The number of carboxylic acid groups (broad SMARTS) is 1. The molecular weight excluding hydrogens is 1100 g/mol. The highest BCUT2D eigenvalue weighted by atomic mass is 35.5. The van der Waals surface area contributed by atoms with Crippen molar-refractivity contribution in [3.63, 3.8) is 0 Å². The SMILES string of the molecule is C.C.C.C=O.FCCOCCCCOCC(F)(F)F.O=C(O)F.O=C(OCCCCCl)C(F)(F)COCCCCCl.O=C(OCCCCOCC(F)(F)F)C(F)(F)COCCCCC(F)(F)F.OCC(F)(F)F. The van der Waals surface area contributed by atoms with E-state index in [0.29, 0.717) is 56.9 Å². The number of rotatable bonds is 32. The maximum absolute atomic E-state index is 13.3. The Morgan fingerprint density at radius 2 is 0.685 bits per heavy atom. The molecule has 0 unspecified atom stereocenters. The van der Waals surface area contributed by atoms with Crippen molar-refractivity contribution in [3.8, 4) is 0 Å². The summed E-state index contributed by atoms with van der Waals surface area (Å²) in [6.45, 7) is -5.69. The molecule has 0 amide bonds. The Balaban J connectivity index is -0.000000109. The predicted octanol–water partition coefficient (Wildman–Crippen LogP) is 12.7. The van der Waals surface area contributed by atoms with Gasteiger partial charge in [-0.05, 0) is 64.2 Å². The molecule has 33 heteroatoms. The highest BCUT2D eigenvalue weighted by Crippen LogP contribution is 2.23. The monoisotopic (exact) mass is 1170 g/mol. The van der Waals surface area contributed by atoms with Crippen LogP contribution in [0.2, 0.25) is 0 Å². The molecule has 0 aliphatic carbocycles. The number of carbonyl (C=O) groups excluding carboxylic acids is 3. The molecule has 0 saturated carbocycles. The van der Waals surface area contributed by atoms with E-state index in [2.05, 4.69) is 23.7 Å². The lowest BCUT2D eigenvalue weighted by molar-refractivity contribution is -0.181. The summed E-state index contributed by atoms with van der Waals surface area (Å²) in [4.78, 5) is 38.5. The third-order valence-corrected chi connectivity index (χ3v) is 6.81. The second kappa shape index (κ2) is 55.4. The van der Waals surface area contributed by atoms with Gasteiger partial charge in [0.1, 0.15) is 46.5 Å². The summed E-state index contributed by atoms with van der Waals surface area (Å²) in [6, 6.07) is 0. The van der Waals surface area contributed by atoms with Gasteiger partial charge in [0.2, 0.25) is 0 Å². The van der Waals surface area contributed by atoms with Gasteiger partial charge < -0.3 is 48.2 Å². The number of hydrogen-bond acceptors (Lipinski definition) is 12. The minimum atomic E-state index is -4.46. The maximum atomic E-state index is 13.3. The Morgan fingerprint density at radius 3 is 0.959 bits per heavy atom. The van der Waals surface area contributed by atoms with Crippen LogP contribution in [0, 0.1) is 0 Å². The fourth-order valence-corrected chi connectivity index (χ4v) is 3.71. The summed E-state index contributed by atoms with van der Waals surface area (Å²) >= 11 is 10.8. The van der Waals surface area contributed by atoms with Gasteiger partial charge in [-0.15, -0.1) is 27.6 Å². The number of unbranched alkanes of at least 4 members (excludes halogenated alkanes) is 5. The Kier molecular flexibility index (Phi) is 68.1. The molecule has 13 nitrogen and oxygen atoms in total. The zero-order valence-corrected chi connectivity index (χ0v) is 38.8. The number of aliphatic hydroxyl groups excluding tert-OH is 1. The molecule has 448 valence electrons. The molecule has 0 aliphatic rings. The van der Waals surface area contributed by atoms with Crippen molar-refractivity contribution in [2.24, 2.45) is 0 Å². The van der Waals surface area contributed by atoms with Gasteiger partial charge in [0.25, 0.3) is 0 Å². The van der Waals surface area contributed by atoms with Gasteiger partial charge in [-0.1, -0.05) is 22.3 Å². The average molecular weight is 1170 g/mol. The fraction of sp³-hybridized carbons (Fsp3) is 0.900. The summed E-state index contributed by atoms with van der Waals surface area (Å²) in [5.74, 6) is -10.1. The second-order valence-electron chi connectivity index (χ2n) is 12.7. The van der Waals surface area contributed by atoms with Gasteiger partial charge in [0, 0.05) is 51.2 Å². The summed E-state index contributed by atoms with van der Waals surface area (Å²) in [6.07, 6.45) is -17.7. The van der Waals surface area contributed by atoms with Crippen molar-refractivity contribution >= 4 is 48.2 Å². The van der Waals surface area contributed by atoms with E-state index in [1.807, 2.05) is 6.79 Å². The third kappa shape index (κ3) is 89.1. The lowest BCUT2D eigenvalue weighted by Gasteiger charge is -2.15. The van der Waals surface area contributed by atoms with Crippen LogP contribution in [0.25, 0.3) is 0 Å². The molecule has 0 fully saturated rings. The predicted molar refractivity (Wildman–Crippen MR) is 232 cm³/mol. The number of carbonyl (C=O) groups is 4. The molecule has 0 aromatic rings. The zero-order valence-electron chi connectivity index (χ0n) is 37.2. The van der Waals surface area contributed by atoms with Gasteiger partial charge in [-0.2, -0.15) is 70.2 Å². The van der Waals surface area contributed by atoms with Gasteiger partial charge in [-0.25, -0.2) is 18.8 Å².